The molecule has 0 amide bonds. The Bertz CT molecular complexity index is 503. The third-order valence-electron chi connectivity index (χ3n) is 6.22. The van der Waals surface area contributed by atoms with Gasteiger partial charge in [-0.3, -0.25) is 0 Å². The molecule has 1 saturated heterocycles. The molecule has 2 bridgehead atoms. The van der Waals surface area contributed by atoms with E-state index in [1.54, 1.807) is 0 Å². The largest absolute Gasteiger partial charge is 0.228 e. The van der Waals surface area contributed by atoms with Crippen molar-refractivity contribution in [3.05, 3.63) is 12.2 Å². The molecule has 18 heavy (non-hydrogen) atoms. The summed E-state index contributed by atoms with van der Waals surface area (Å²) in [6.45, 7) is 11.1. The highest BCUT2D eigenvalue weighted by atomic mass is 32.2. The Labute approximate surface area is 111 Å². The highest BCUT2D eigenvalue weighted by Gasteiger charge is 2.61. The van der Waals surface area contributed by atoms with Gasteiger partial charge in [-0.25, -0.2) is 8.42 Å². The molecule has 0 aromatic rings. The average molecular weight is 268 g/mol. The zero-order valence-electron chi connectivity index (χ0n) is 11.7. The summed E-state index contributed by atoms with van der Waals surface area (Å²) in [5.41, 5.74) is 1.47. The van der Waals surface area contributed by atoms with Crippen molar-refractivity contribution >= 4 is 9.84 Å². The molecule has 3 rings (SSSR count). The van der Waals surface area contributed by atoms with Crippen molar-refractivity contribution in [2.45, 2.75) is 51.7 Å². The fourth-order valence-electron chi connectivity index (χ4n) is 5.21. The van der Waals surface area contributed by atoms with Gasteiger partial charge in [0.2, 0.25) is 0 Å². The zero-order chi connectivity index (χ0) is 13.3. The van der Waals surface area contributed by atoms with Crippen LogP contribution in [-0.2, 0) is 9.84 Å². The molecule has 2 aliphatic carbocycles. The third-order valence-corrected chi connectivity index (χ3v) is 8.38. The van der Waals surface area contributed by atoms with E-state index in [9.17, 15) is 8.42 Å². The molecule has 3 heteroatoms. The van der Waals surface area contributed by atoms with Gasteiger partial charge in [0.05, 0.1) is 11.0 Å². The van der Waals surface area contributed by atoms with Gasteiger partial charge in [-0.05, 0) is 36.0 Å². The lowest BCUT2D eigenvalue weighted by Crippen LogP contribution is -2.50. The highest BCUT2D eigenvalue weighted by Crippen LogP contribution is 2.64. The molecule has 0 aromatic heterocycles. The van der Waals surface area contributed by atoms with Crippen LogP contribution in [0.15, 0.2) is 12.2 Å². The maximum absolute atomic E-state index is 12.3. The smallest absolute Gasteiger partial charge is 0.157 e. The van der Waals surface area contributed by atoms with Gasteiger partial charge in [-0.1, -0.05) is 39.3 Å². The number of rotatable bonds is 0. The minimum absolute atomic E-state index is 0.166. The summed E-state index contributed by atoms with van der Waals surface area (Å²) >= 11 is 0. The molecule has 0 aromatic carbocycles. The Morgan fingerprint density at radius 3 is 2.56 bits per heavy atom. The van der Waals surface area contributed by atoms with Crippen molar-refractivity contribution in [3.63, 3.8) is 0 Å². The molecule has 4 unspecified atom stereocenters. The minimum Gasteiger partial charge on any atom is -0.228 e. The van der Waals surface area contributed by atoms with Crippen molar-refractivity contribution in [1.82, 2.24) is 0 Å². The molecule has 2 saturated carbocycles. The predicted octanol–water partition coefficient (Wildman–Crippen LogP) is 3.19. The summed E-state index contributed by atoms with van der Waals surface area (Å²) in [7, 11) is -2.92. The molecule has 3 aliphatic rings. The van der Waals surface area contributed by atoms with Crippen molar-refractivity contribution < 1.29 is 8.42 Å². The number of fused-ring (bicyclic) bond motifs is 4. The predicted molar refractivity (Wildman–Crippen MR) is 74.1 cm³/mol. The number of sulfone groups is 1. The van der Waals surface area contributed by atoms with Crippen LogP contribution in [0.4, 0.5) is 0 Å². The third kappa shape index (κ3) is 1.43. The molecule has 1 aliphatic heterocycles. The average Bonchev–Trinajstić information content (AvgIpc) is 2.38. The normalized spacial score (nSPS) is 48.8. The number of hydrogen-bond acceptors (Lipinski definition) is 2. The van der Waals surface area contributed by atoms with Gasteiger partial charge in [0, 0.05) is 5.92 Å². The van der Waals surface area contributed by atoms with E-state index in [0.717, 1.165) is 12.0 Å². The van der Waals surface area contributed by atoms with E-state index in [0.29, 0.717) is 11.7 Å². The van der Waals surface area contributed by atoms with Gasteiger partial charge in [0.1, 0.15) is 0 Å². The van der Waals surface area contributed by atoms with Crippen LogP contribution >= 0.6 is 0 Å². The SMILES string of the molecule is C=C1C2CS(=O)(=O)C1CC1C(C)(C)CCCC21C. The first-order chi connectivity index (χ1) is 8.18. The Kier molecular flexibility index (Phi) is 2.41. The number of hydrogen-bond donors (Lipinski definition) is 0. The van der Waals surface area contributed by atoms with Crippen LogP contribution < -0.4 is 0 Å². The molecule has 1 heterocycles. The summed E-state index contributed by atoms with van der Waals surface area (Å²) in [6.07, 6.45) is 4.46. The van der Waals surface area contributed by atoms with Crippen LogP contribution in [-0.4, -0.2) is 19.4 Å². The minimum atomic E-state index is -2.92. The van der Waals surface area contributed by atoms with E-state index in [-0.39, 0.29) is 22.0 Å². The second-order valence-electron chi connectivity index (χ2n) is 7.58. The van der Waals surface area contributed by atoms with Crippen LogP contribution in [0.25, 0.3) is 0 Å². The maximum Gasteiger partial charge on any atom is 0.157 e. The summed E-state index contributed by atoms with van der Waals surface area (Å²) in [5.74, 6) is 1.11. The van der Waals surface area contributed by atoms with Crippen molar-refractivity contribution in [3.8, 4) is 0 Å². The van der Waals surface area contributed by atoms with E-state index in [2.05, 4.69) is 27.4 Å². The molecule has 0 radical (unpaired) electrons. The Balaban J connectivity index is 2.11. The molecule has 0 N–H and O–H groups in total. The van der Waals surface area contributed by atoms with Crippen LogP contribution in [0, 0.1) is 22.7 Å². The van der Waals surface area contributed by atoms with E-state index in [4.69, 9.17) is 0 Å². The van der Waals surface area contributed by atoms with Gasteiger partial charge < -0.3 is 0 Å². The molecular formula is C15H24O2S. The Hall–Kier alpha value is -0.310. The summed E-state index contributed by atoms with van der Waals surface area (Å²) < 4.78 is 24.6. The quantitative estimate of drug-likeness (QED) is 0.632. The van der Waals surface area contributed by atoms with Gasteiger partial charge in [-0.2, -0.15) is 0 Å². The highest BCUT2D eigenvalue weighted by molar-refractivity contribution is 7.92. The Morgan fingerprint density at radius 1 is 1.22 bits per heavy atom. The lowest BCUT2D eigenvalue weighted by Gasteiger charge is -2.56. The summed E-state index contributed by atoms with van der Waals surface area (Å²) in [6, 6.07) is 0. The van der Waals surface area contributed by atoms with Crippen molar-refractivity contribution in [1.29, 1.82) is 0 Å². The first-order valence-electron chi connectivity index (χ1n) is 7.09. The summed E-state index contributed by atoms with van der Waals surface area (Å²) in [4.78, 5) is 0. The van der Waals surface area contributed by atoms with Gasteiger partial charge in [-0.15, -0.1) is 0 Å². The van der Waals surface area contributed by atoms with E-state index >= 15 is 0 Å². The van der Waals surface area contributed by atoms with Crippen LogP contribution in [0.1, 0.15) is 46.5 Å². The fraction of sp³-hybridized carbons (Fsp3) is 0.867. The van der Waals surface area contributed by atoms with Crippen molar-refractivity contribution in [2.75, 3.05) is 5.75 Å². The van der Waals surface area contributed by atoms with Crippen molar-refractivity contribution in [2.24, 2.45) is 22.7 Å². The second kappa shape index (κ2) is 3.41. The topological polar surface area (TPSA) is 34.1 Å². The molecular weight excluding hydrogens is 244 g/mol. The molecule has 3 fully saturated rings. The second-order valence-corrected chi connectivity index (χ2v) is 9.81. The lowest BCUT2D eigenvalue weighted by molar-refractivity contribution is -0.0402. The van der Waals surface area contributed by atoms with Gasteiger partial charge in [0.25, 0.3) is 0 Å². The molecule has 102 valence electrons. The van der Waals surface area contributed by atoms with Gasteiger partial charge in [0.15, 0.2) is 9.84 Å². The van der Waals surface area contributed by atoms with E-state index in [1.807, 2.05) is 0 Å². The molecule has 4 atom stereocenters. The van der Waals surface area contributed by atoms with Crippen LogP contribution in [0.2, 0.25) is 0 Å². The first kappa shape index (κ1) is 12.7. The van der Waals surface area contributed by atoms with E-state index in [1.165, 1.54) is 19.3 Å². The fourth-order valence-corrected chi connectivity index (χ4v) is 7.61. The van der Waals surface area contributed by atoms with Crippen LogP contribution in [0.3, 0.4) is 0 Å². The first-order valence-corrected chi connectivity index (χ1v) is 8.80. The Morgan fingerprint density at radius 2 is 1.89 bits per heavy atom. The van der Waals surface area contributed by atoms with Gasteiger partial charge >= 0.3 is 0 Å². The van der Waals surface area contributed by atoms with E-state index < -0.39 is 9.84 Å². The summed E-state index contributed by atoms with van der Waals surface area (Å²) in [5, 5.41) is -0.238. The maximum atomic E-state index is 12.3. The molecule has 0 spiro atoms. The molecule has 2 nitrogen and oxygen atoms in total. The zero-order valence-corrected chi connectivity index (χ0v) is 12.5. The lowest BCUT2D eigenvalue weighted by atomic mass is 9.48. The monoisotopic (exact) mass is 268 g/mol. The standard InChI is InChI=1S/C15H24O2S/c1-10-11-9-18(16,17)12(10)8-13-14(2,3)6-5-7-15(11,13)4/h11-13H,1,5-9H2,2-4H3. The van der Waals surface area contributed by atoms with Crippen LogP contribution in [0.5, 0.6) is 0 Å².